The Hall–Kier alpha value is -0.840. The van der Waals surface area contributed by atoms with Crippen molar-refractivity contribution in [1.29, 1.82) is 0 Å². The molecule has 0 bridgehead atoms. The van der Waals surface area contributed by atoms with Crippen molar-refractivity contribution in [3.63, 3.8) is 0 Å². The lowest BCUT2D eigenvalue weighted by atomic mass is 10.1. The highest BCUT2D eigenvalue weighted by Crippen LogP contribution is 2.28. The molecule has 1 aromatic carbocycles. The van der Waals surface area contributed by atoms with Crippen LogP contribution in [-0.2, 0) is 6.54 Å². The maximum atomic E-state index is 5.25. The summed E-state index contributed by atoms with van der Waals surface area (Å²) >= 11 is 5.39. The fourth-order valence-corrected chi connectivity index (χ4v) is 3.89. The van der Waals surface area contributed by atoms with Crippen molar-refractivity contribution in [1.82, 2.24) is 5.32 Å². The molecule has 0 aliphatic rings. The first-order chi connectivity index (χ1) is 9.51. The van der Waals surface area contributed by atoms with Gasteiger partial charge in [-0.05, 0) is 66.0 Å². The van der Waals surface area contributed by atoms with Crippen LogP contribution in [0.25, 0.3) is 0 Å². The standard InChI is InChI=1S/C16H20BrNOS/c1-10-7-14(12(3)20-10)11(2)18-9-13-5-6-16(19-4)15(17)8-13/h5-8,11,18H,9H2,1-4H3. The molecule has 1 unspecified atom stereocenters. The summed E-state index contributed by atoms with van der Waals surface area (Å²) in [7, 11) is 1.68. The molecule has 0 saturated heterocycles. The van der Waals surface area contributed by atoms with Crippen LogP contribution in [0.3, 0.4) is 0 Å². The molecular formula is C16H20BrNOS. The second kappa shape index (κ2) is 6.74. The van der Waals surface area contributed by atoms with Crippen molar-refractivity contribution in [3.05, 3.63) is 49.6 Å². The molecule has 0 spiro atoms. The highest BCUT2D eigenvalue weighted by atomic mass is 79.9. The summed E-state index contributed by atoms with van der Waals surface area (Å²) in [5, 5.41) is 3.58. The first-order valence-electron chi connectivity index (χ1n) is 6.64. The number of ether oxygens (including phenoxy) is 1. The number of thiophene rings is 1. The number of methoxy groups -OCH3 is 1. The Morgan fingerprint density at radius 1 is 1.30 bits per heavy atom. The van der Waals surface area contributed by atoms with Crippen molar-refractivity contribution in [3.8, 4) is 5.75 Å². The van der Waals surface area contributed by atoms with Crippen molar-refractivity contribution in [2.24, 2.45) is 0 Å². The molecule has 0 amide bonds. The van der Waals surface area contributed by atoms with E-state index >= 15 is 0 Å². The van der Waals surface area contributed by atoms with Crippen LogP contribution in [0.2, 0.25) is 0 Å². The van der Waals surface area contributed by atoms with Crippen LogP contribution < -0.4 is 10.1 Å². The van der Waals surface area contributed by atoms with E-state index in [1.165, 1.54) is 20.9 Å². The Bertz CT molecular complexity index is 594. The van der Waals surface area contributed by atoms with Crippen molar-refractivity contribution in [2.45, 2.75) is 33.4 Å². The predicted molar refractivity (Wildman–Crippen MR) is 89.7 cm³/mol. The molecule has 0 fully saturated rings. The van der Waals surface area contributed by atoms with E-state index in [0.717, 1.165) is 16.8 Å². The van der Waals surface area contributed by atoms with Gasteiger partial charge in [-0.1, -0.05) is 6.07 Å². The molecule has 0 aliphatic carbocycles. The number of hydrogen-bond donors (Lipinski definition) is 1. The average Bonchev–Trinajstić information content (AvgIpc) is 2.75. The predicted octanol–water partition coefficient (Wildman–Crippen LogP) is 4.99. The molecule has 4 heteroatoms. The Balaban J connectivity index is 2.01. The molecule has 1 heterocycles. The maximum absolute atomic E-state index is 5.25. The van der Waals surface area contributed by atoms with Gasteiger partial charge in [-0.25, -0.2) is 0 Å². The third-order valence-electron chi connectivity index (χ3n) is 3.37. The van der Waals surface area contributed by atoms with Crippen LogP contribution in [0, 0.1) is 13.8 Å². The minimum Gasteiger partial charge on any atom is -0.496 e. The van der Waals surface area contributed by atoms with Gasteiger partial charge in [0.1, 0.15) is 5.75 Å². The highest BCUT2D eigenvalue weighted by molar-refractivity contribution is 9.10. The molecule has 2 aromatic rings. The first kappa shape index (κ1) is 15.5. The van der Waals surface area contributed by atoms with Gasteiger partial charge in [-0.2, -0.15) is 0 Å². The van der Waals surface area contributed by atoms with E-state index in [2.05, 4.69) is 60.2 Å². The Morgan fingerprint density at radius 2 is 2.05 bits per heavy atom. The quantitative estimate of drug-likeness (QED) is 0.817. The molecular weight excluding hydrogens is 334 g/mol. The molecule has 1 aromatic heterocycles. The lowest BCUT2D eigenvalue weighted by molar-refractivity contribution is 0.412. The van der Waals surface area contributed by atoms with Gasteiger partial charge >= 0.3 is 0 Å². The van der Waals surface area contributed by atoms with Crippen LogP contribution in [0.1, 0.15) is 33.8 Å². The van der Waals surface area contributed by atoms with Gasteiger partial charge in [0.15, 0.2) is 0 Å². The Kier molecular flexibility index (Phi) is 5.24. The summed E-state index contributed by atoms with van der Waals surface area (Å²) in [6, 6.07) is 8.83. The van der Waals surface area contributed by atoms with E-state index in [1.54, 1.807) is 7.11 Å². The summed E-state index contributed by atoms with van der Waals surface area (Å²) in [5.41, 5.74) is 2.65. The minimum atomic E-state index is 0.362. The minimum absolute atomic E-state index is 0.362. The van der Waals surface area contributed by atoms with E-state index in [4.69, 9.17) is 4.74 Å². The molecule has 20 heavy (non-hydrogen) atoms. The van der Waals surface area contributed by atoms with E-state index in [1.807, 2.05) is 17.4 Å². The fourth-order valence-electron chi connectivity index (χ4n) is 2.28. The molecule has 0 aliphatic heterocycles. The van der Waals surface area contributed by atoms with Gasteiger partial charge in [-0.15, -0.1) is 11.3 Å². The first-order valence-corrected chi connectivity index (χ1v) is 8.25. The Labute approximate surface area is 133 Å². The second-order valence-corrected chi connectivity index (χ2v) is 7.25. The Morgan fingerprint density at radius 3 is 2.60 bits per heavy atom. The topological polar surface area (TPSA) is 21.3 Å². The van der Waals surface area contributed by atoms with Crippen LogP contribution in [0.5, 0.6) is 5.75 Å². The van der Waals surface area contributed by atoms with Crippen molar-refractivity contribution in [2.75, 3.05) is 7.11 Å². The van der Waals surface area contributed by atoms with Gasteiger partial charge in [0.2, 0.25) is 0 Å². The summed E-state index contributed by atoms with van der Waals surface area (Å²) in [6.07, 6.45) is 0. The van der Waals surface area contributed by atoms with Crippen molar-refractivity contribution < 1.29 is 4.74 Å². The summed E-state index contributed by atoms with van der Waals surface area (Å²) in [4.78, 5) is 2.77. The summed E-state index contributed by atoms with van der Waals surface area (Å²) in [5.74, 6) is 0.867. The highest BCUT2D eigenvalue weighted by Gasteiger charge is 2.11. The van der Waals surface area contributed by atoms with Crippen LogP contribution >= 0.6 is 27.3 Å². The maximum Gasteiger partial charge on any atom is 0.133 e. The smallest absolute Gasteiger partial charge is 0.133 e. The van der Waals surface area contributed by atoms with E-state index in [-0.39, 0.29) is 0 Å². The molecule has 1 N–H and O–H groups in total. The largest absolute Gasteiger partial charge is 0.496 e. The molecule has 2 nitrogen and oxygen atoms in total. The van der Waals surface area contributed by atoms with Gasteiger partial charge in [0, 0.05) is 22.3 Å². The van der Waals surface area contributed by atoms with Gasteiger partial charge < -0.3 is 10.1 Å². The molecule has 108 valence electrons. The van der Waals surface area contributed by atoms with Crippen molar-refractivity contribution >= 4 is 27.3 Å². The second-order valence-electron chi connectivity index (χ2n) is 4.94. The lowest BCUT2D eigenvalue weighted by Crippen LogP contribution is -2.18. The third-order valence-corrected chi connectivity index (χ3v) is 4.98. The van der Waals surface area contributed by atoms with Crippen LogP contribution in [0.15, 0.2) is 28.7 Å². The summed E-state index contributed by atoms with van der Waals surface area (Å²) < 4.78 is 6.24. The zero-order chi connectivity index (χ0) is 14.7. The number of hydrogen-bond acceptors (Lipinski definition) is 3. The number of benzene rings is 1. The lowest BCUT2D eigenvalue weighted by Gasteiger charge is -2.14. The zero-order valence-electron chi connectivity index (χ0n) is 12.3. The number of halogens is 1. The van der Waals surface area contributed by atoms with Gasteiger partial charge in [-0.3, -0.25) is 0 Å². The molecule has 2 rings (SSSR count). The SMILES string of the molecule is COc1ccc(CNC(C)c2cc(C)sc2C)cc1Br. The van der Waals surface area contributed by atoms with E-state index in [0.29, 0.717) is 6.04 Å². The average molecular weight is 354 g/mol. The third kappa shape index (κ3) is 3.62. The monoisotopic (exact) mass is 353 g/mol. The van der Waals surface area contributed by atoms with E-state index in [9.17, 15) is 0 Å². The summed E-state index contributed by atoms with van der Waals surface area (Å²) in [6.45, 7) is 7.41. The number of aryl methyl sites for hydroxylation is 2. The van der Waals surface area contributed by atoms with Crippen LogP contribution in [-0.4, -0.2) is 7.11 Å². The number of rotatable bonds is 5. The van der Waals surface area contributed by atoms with E-state index < -0.39 is 0 Å². The number of nitrogens with one attached hydrogen (secondary N) is 1. The van der Waals surface area contributed by atoms with Gasteiger partial charge in [0.05, 0.1) is 11.6 Å². The molecule has 0 radical (unpaired) electrons. The molecule has 1 atom stereocenters. The zero-order valence-corrected chi connectivity index (χ0v) is 14.7. The fraction of sp³-hybridized carbons (Fsp3) is 0.375. The normalized spacial score (nSPS) is 12.4. The van der Waals surface area contributed by atoms with Crippen LogP contribution in [0.4, 0.5) is 0 Å². The molecule has 0 saturated carbocycles. The van der Waals surface area contributed by atoms with Gasteiger partial charge in [0.25, 0.3) is 0 Å².